The summed E-state index contributed by atoms with van der Waals surface area (Å²) in [7, 11) is 1.80. The molecule has 1 aromatic heterocycles. The predicted octanol–water partition coefficient (Wildman–Crippen LogP) is 2.87. The van der Waals surface area contributed by atoms with Gasteiger partial charge in [0.2, 0.25) is 5.95 Å². The molecule has 2 saturated heterocycles. The van der Waals surface area contributed by atoms with Gasteiger partial charge in [-0.05, 0) is 49.7 Å². The third-order valence-corrected chi connectivity index (χ3v) is 5.42. The van der Waals surface area contributed by atoms with E-state index in [1.807, 2.05) is 0 Å². The smallest absolute Gasteiger partial charge is 0.232 e. The van der Waals surface area contributed by atoms with Crippen molar-refractivity contribution in [3.63, 3.8) is 0 Å². The number of piperidine rings is 2. The summed E-state index contributed by atoms with van der Waals surface area (Å²) in [6.07, 6.45) is 5.04. The highest BCUT2D eigenvalue weighted by molar-refractivity contribution is 7.80. The van der Waals surface area contributed by atoms with Crippen LogP contribution in [0, 0.1) is 11.8 Å². The van der Waals surface area contributed by atoms with E-state index in [0.717, 1.165) is 37.8 Å². The average molecular weight is 363 g/mol. The lowest BCUT2D eigenvalue weighted by molar-refractivity contribution is 0.441. The second kappa shape index (κ2) is 8.17. The third kappa shape index (κ3) is 4.71. The first kappa shape index (κ1) is 18.2. The summed E-state index contributed by atoms with van der Waals surface area (Å²) in [6.45, 7) is 8.87. The van der Waals surface area contributed by atoms with Crippen molar-refractivity contribution in [2.45, 2.75) is 39.5 Å². The van der Waals surface area contributed by atoms with Gasteiger partial charge in [-0.25, -0.2) is 0 Å². The monoisotopic (exact) mass is 362 g/mol. The van der Waals surface area contributed by atoms with E-state index in [4.69, 9.17) is 22.2 Å². The number of nitrogens with one attached hydrogen (secondary N) is 2. The highest BCUT2D eigenvalue weighted by Crippen LogP contribution is 2.28. The van der Waals surface area contributed by atoms with Gasteiger partial charge >= 0.3 is 0 Å². The number of nitrogens with zero attached hydrogens (tertiary/aromatic N) is 4. The molecule has 0 bridgehead atoms. The molecule has 7 heteroatoms. The van der Waals surface area contributed by atoms with Crippen LogP contribution < -0.4 is 20.4 Å². The van der Waals surface area contributed by atoms with Crippen LogP contribution in [-0.4, -0.2) is 48.3 Å². The van der Waals surface area contributed by atoms with Crippen molar-refractivity contribution in [1.82, 2.24) is 15.3 Å². The highest BCUT2D eigenvalue weighted by atomic mass is 32.1. The van der Waals surface area contributed by atoms with Crippen LogP contribution in [0.1, 0.15) is 39.5 Å². The Labute approximate surface area is 156 Å². The molecule has 0 amide bonds. The molecule has 1 aromatic rings. The van der Waals surface area contributed by atoms with E-state index < -0.39 is 0 Å². The Bertz CT molecular complexity index is 567. The summed E-state index contributed by atoms with van der Waals surface area (Å²) in [6, 6.07) is 2.16. The Morgan fingerprint density at radius 3 is 2.00 bits per heavy atom. The molecule has 2 aliphatic rings. The minimum absolute atomic E-state index is 0.544. The fourth-order valence-corrected chi connectivity index (χ4v) is 3.85. The van der Waals surface area contributed by atoms with Gasteiger partial charge in [0, 0.05) is 39.3 Å². The Morgan fingerprint density at radius 1 is 1.04 bits per heavy atom. The SMILES string of the molecule is CNC(=S)Nc1nc(N2CCCC(C)C2)cc(N2CCCC(C)C2)n1. The quantitative estimate of drug-likeness (QED) is 0.802. The lowest BCUT2D eigenvalue weighted by Crippen LogP contribution is -2.37. The molecule has 2 atom stereocenters. The number of rotatable bonds is 3. The van der Waals surface area contributed by atoms with E-state index >= 15 is 0 Å². The van der Waals surface area contributed by atoms with Crippen LogP contribution in [0.25, 0.3) is 0 Å². The molecular formula is C18H30N6S. The summed E-state index contributed by atoms with van der Waals surface area (Å²) in [5, 5.41) is 6.60. The maximum absolute atomic E-state index is 5.24. The lowest BCUT2D eigenvalue weighted by Gasteiger charge is -2.35. The van der Waals surface area contributed by atoms with Gasteiger partial charge in [-0.15, -0.1) is 0 Å². The van der Waals surface area contributed by atoms with Crippen LogP contribution in [0.2, 0.25) is 0 Å². The molecule has 0 radical (unpaired) electrons. The van der Waals surface area contributed by atoms with Gasteiger partial charge in [-0.2, -0.15) is 9.97 Å². The Kier molecular flexibility index (Phi) is 5.93. The summed E-state index contributed by atoms with van der Waals surface area (Å²) in [5.74, 6) is 4.02. The minimum atomic E-state index is 0.544. The molecule has 25 heavy (non-hydrogen) atoms. The number of aromatic nitrogens is 2. The first-order valence-electron chi connectivity index (χ1n) is 9.43. The molecule has 0 aromatic carbocycles. The van der Waals surface area contributed by atoms with Gasteiger partial charge in [0.15, 0.2) is 5.11 Å². The number of hydrogen-bond donors (Lipinski definition) is 2. The molecule has 0 spiro atoms. The second-order valence-corrected chi connectivity index (χ2v) is 7.91. The van der Waals surface area contributed by atoms with Crippen LogP contribution in [0.3, 0.4) is 0 Å². The number of hydrogen-bond acceptors (Lipinski definition) is 5. The van der Waals surface area contributed by atoms with E-state index in [1.54, 1.807) is 7.05 Å². The molecule has 2 fully saturated rings. The van der Waals surface area contributed by atoms with E-state index in [9.17, 15) is 0 Å². The first-order chi connectivity index (χ1) is 12.0. The summed E-state index contributed by atoms with van der Waals surface area (Å²) >= 11 is 5.24. The third-order valence-electron chi connectivity index (χ3n) is 5.11. The molecule has 2 N–H and O–H groups in total. The zero-order chi connectivity index (χ0) is 17.8. The molecule has 3 heterocycles. The fraction of sp³-hybridized carbons (Fsp3) is 0.722. The molecule has 6 nitrogen and oxygen atoms in total. The standard InChI is InChI=1S/C18H30N6S/c1-13-6-4-8-23(11-13)15-10-16(24-9-5-7-14(2)12-24)21-17(20-15)22-18(25)19-3/h10,13-14H,4-9,11-12H2,1-3H3,(H2,19,20,21,22,25). The van der Waals surface area contributed by atoms with Crippen molar-refractivity contribution in [2.75, 3.05) is 48.3 Å². The maximum Gasteiger partial charge on any atom is 0.232 e. The van der Waals surface area contributed by atoms with Crippen LogP contribution in [0.4, 0.5) is 17.6 Å². The second-order valence-electron chi connectivity index (χ2n) is 7.50. The van der Waals surface area contributed by atoms with Crippen LogP contribution in [-0.2, 0) is 0 Å². The molecular weight excluding hydrogens is 332 g/mol. The van der Waals surface area contributed by atoms with Crippen molar-refractivity contribution in [1.29, 1.82) is 0 Å². The molecule has 2 aliphatic heterocycles. The van der Waals surface area contributed by atoms with E-state index in [1.165, 1.54) is 25.7 Å². The van der Waals surface area contributed by atoms with Crippen molar-refractivity contribution >= 4 is 34.9 Å². The Balaban J connectivity index is 1.88. The first-order valence-corrected chi connectivity index (χ1v) is 9.83. The zero-order valence-corrected chi connectivity index (χ0v) is 16.4. The Hall–Kier alpha value is -1.63. The predicted molar refractivity (Wildman–Crippen MR) is 109 cm³/mol. The van der Waals surface area contributed by atoms with Gasteiger partial charge in [-0.3, -0.25) is 0 Å². The normalized spacial score (nSPS) is 24.1. The summed E-state index contributed by atoms with van der Waals surface area (Å²) in [5.41, 5.74) is 0. The minimum Gasteiger partial charge on any atom is -0.365 e. The molecule has 138 valence electrons. The maximum atomic E-state index is 5.24. The van der Waals surface area contributed by atoms with E-state index in [0.29, 0.717) is 22.9 Å². The van der Waals surface area contributed by atoms with Crippen molar-refractivity contribution < 1.29 is 0 Å². The van der Waals surface area contributed by atoms with Gasteiger partial charge < -0.3 is 20.4 Å². The summed E-state index contributed by atoms with van der Waals surface area (Å²) < 4.78 is 0. The lowest BCUT2D eigenvalue weighted by atomic mass is 10.00. The number of thiocarbonyl (C=S) groups is 1. The molecule has 0 aliphatic carbocycles. The van der Waals surface area contributed by atoms with Crippen LogP contribution >= 0.6 is 12.2 Å². The van der Waals surface area contributed by atoms with Crippen LogP contribution in [0.15, 0.2) is 6.07 Å². The molecule has 2 unspecified atom stereocenters. The number of anilines is 3. The molecule has 0 saturated carbocycles. The van der Waals surface area contributed by atoms with E-state index in [-0.39, 0.29) is 0 Å². The fourth-order valence-electron chi connectivity index (χ4n) is 3.76. The van der Waals surface area contributed by atoms with Crippen molar-refractivity contribution in [3.8, 4) is 0 Å². The summed E-state index contributed by atoms with van der Waals surface area (Å²) in [4.78, 5) is 14.3. The largest absolute Gasteiger partial charge is 0.365 e. The Morgan fingerprint density at radius 2 is 1.56 bits per heavy atom. The average Bonchev–Trinajstić information content (AvgIpc) is 2.61. The van der Waals surface area contributed by atoms with Gasteiger partial charge in [0.25, 0.3) is 0 Å². The van der Waals surface area contributed by atoms with Crippen molar-refractivity contribution in [2.24, 2.45) is 11.8 Å². The topological polar surface area (TPSA) is 56.3 Å². The zero-order valence-electron chi connectivity index (χ0n) is 15.6. The van der Waals surface area contributed by atoms with Crippen LogP contribution in [0.5, 0.6) is 0 Å². The van der Waals surface area contributed by atoms with Gasteiger partial charge in [0.05, 0.1) is 0 Å². The van der Waals surface area contributed by atoms with Crippen molar-refractivity contribution in [3.05, 3.63) is 6.07 Å². The van der Waals surface area contributed by atoms with E-state index in [2.05, 4.69) is 40.3 Å². The highest BCUT2D eigenvalue weighted by Gasteiger charge is 2.22. The van der Waals surface area contributed by atoms with Gasteiger partial charge in [-0.1, -0.05) is 13.8 Å². The van der Waals surface area contributed by atoms with Gasteiger partial charge in [0.1, 0.15) is 11.6 Å². The molecule has 3 rings (SSSR count).